The first kappa shape index (κ1) is 12.7. The summed E-state index contributed by atoms with van der Waals surface area (Å²) in [6.07, 6.45) is 2.04. The van der Waals surface area contributed by atoms with Crippen LogP contribution in [0.2, 0.25) is 0 Å². The third kappa shape index (κ3) is 3.60. The lowest BCUT2D eigenvalue weighted by Gasteiger charge is -1.97. The molecule has 0 atom stereocenters. The summed E-state index contributed by atoms with van der Waals surface area (Å²) in [5.74, 6) is 0.101. The number of carbonyl (C=O) groups excluding carboxylic acids is 1. The molecule has 0 aliphatic carbocycles. The lowest BCUT2D eigenvalue weighted by atomic mass is 10.1. The van der Waals surface area contributed by atoms with Gasteiger partial charge < -0.3 is 0 Å². The number of Topliss-reactive ketones (excluding diaryl/α,β-unsaturated/α-hetero) is 1. The minimum atomic E-state index is 0.101. The molecule has 0 radical (unpaired) electrons. The molecular formula is C16H14OS. The van der Waals surface area contributed by atoms with Crippen LogP contribution in [0.15, 0.2) is 64.9 Å². The van der Waals surface area contributed by atoms with E-state index in [0.717, 1.165) is 11.1 Å². The Bertz CT molecular complexity index is 541. The van der Waals surface area contributed by atoms with Crippen molar-refractivity contribution in [3.05, 3.63) is 71.1 Å². The van der Waals surface area contributed by atoms with E-state index in [1.54, 1.807) is 18.7 Å². The average molecular weight is 254 g/mol. The van der Waals surface area contributed by atoms with Crippen LogP contribution in [0.3, 0.4) is 0 Å². The highest BCUT2D eigenvalue weighted by atomic mass is 32.2. The first-order valence-corrected chi connectivity index (χ1v) is 6.63. The first-order chi connectivity index (χ1) is 8.75. The highest BCUT2D eigenvalue weighted by molar-refractivity contribution is 8.02. The maximum absolute atomic E-state index is 11.1. The number of carbonyl (C=O) groups is 1. The molecule has 18 heavy (non-hydrogen) atoms. The van der Waals surface area contributed by atoms with Crippen LogP contribution in [0.5, 0.6) is 0 Å². The van der Waals surface area contributed by atoms with E-state index < -0.39 is 0 Å². The molecule has 90 valence electrons. The minimum absolute atomic E-state index is 0.101. The Morgan fingerprint density at radius 2 is 1.67 bits per heavy atom. The van der Waals surface area contributed by atoms with Gasteiger partial charge in [-0.3, -0.25) is 4.79 Å². The normalized spacial score (nSPS) is 10.7. The maximum Gasteiger partial charge on any atom is 0.159 e. The second-order valence-electron chi connectivity index (χ2n) is 3.91. The Labute approximate surface area is 112 Å². The van der Waals surface area contributed by atoms with Gasteiger partial charge in [0.15, 0.2) is 5.78 Å². The van der Waals surface area contributed by atoms with Crippen LogP contribution < -0.4 is 0 Å². The van der Waals surface area contributed by atoms with Crippen LogP contribution in [-0.4, -0.2) is 5.78 Å². The molecule has 0 aromatic heterocycles. The fourth-order valence-corrected chi connectivity index (χ4v) is 2.22. The Hall–Kier alpha value is -1.80. The number of ketones is 1. The summed E-state index contributed by atoms with van der Waals surface area (Å²) < 4.78 is 0. The summed E-state index contributed by atoms with van der Waals surface area (Å²) in [4.78, 5) is 12.4. The van der Waals surface area contributed by atoms with Gasteiger partial charge >= 0.3 is 0 Å². The summed E-state index contributed by atoms with van der Waals surface area (Å²) in [5.41, 5.74) is 1.85. The lowest BCUT2D eigenvalue weighted by Crippen LogP contribution is -1.90. The maximum atomic E-state index is 11.1. The van der Waals surface area contributed by atoms with Crippen LogP contribution in [-0.2, 0) is 0 Å². The molecule has 0 fully saturated rings. The minimum Gasteiger partial charge on any atom is -0.295 e. The zero-order valence-corrected chi connectivity index (χ0v) is 11.0. The molecule has 0 saturated heterocycles. The van der Waals surface area contributed by atoms with Crippen LogP contribution in [0.25, 0.3) is 6.08 Å². The van der Waals surface area contributed by atoms with Gasteiger partial charge in [-0.15, -0.1) is 0 Å². The number of hydrogen-bond acceptors (Lipinski definition) is 2. The van der Waals surface area contributed by atoms with Crippen molar-refractivity contribution in [2.75, 3.05) is 0 Å². The van der Waals surface area contributed by atoms with Crippen molar-refractivity contribution in [2.45, 2.75) is 11.8 Å². The number of rotatable bonds is 4. The zero-order valence-electron chi connectivity index (χ0n) is 10.2. The SMILES string of the molecule is CC(=O)c1ccc(C=CSc2ccccc2)cc1. The average Bonchev–Trinajstić information content (AvgIpc) is 2.40. The summed E-state index contributed by atoms with van der Waals surface area (Å²) in [5, 5.41) is 2.05. The molecule has 2 rings (SSSR count). The molecule has 0 saturated carbocycles. The van der Waals surface area contributed by atoms with Crippen LogP contribution >= 0.6 is 11.8 Å². The Morgan fingerprint density at radius 3 is 2.28 bits per heavy atom. The molecule has 0 aliphatic rings. The van der Waals surface area contributed by atoms with Crippen molar-refractivity contribution in [3.63, 3.8) is 0 Å². The van der Waals surface area contributed by atoms with Gasteiger partial charge in [0.05, 0.1) is 0 Å². The van der Waals surface area contributed by atoms with Crippen LogP contribution in [0, 0.1) is 0 Å². The van der Waals surface area contributed by atoms with Gasteiger partial charge in [0.25, 0.3) is 0 Å². The molecule has 0 spiro atoms. The summed E-state index contributed by atoms with van der Waals surface area (Å²) in [7, 11) is 0. The molecule has 0 unspecified atom stereocenters. The van der Waals surface area contributed by atoms with Gasteiger partial charge in [-0.2, -0.15) is 0 Å². The van der Waals surface area contributed by atoms with Gasteiger partial charge in [-0.05, 0) is 36.1 Å². The van der Waals surface area contributed by atoms with Crippen LogP contribution in [0.1, 0.15) is 22.8 Å². The third-order valence-electron chi connectivity index (χ3n) is 2.53. The number of thioether (sulfide) groups is 1. The van der Waals surface area contributed by atoms with Crippen molar-refractivity contribution in [3.8, 4) is 0 Å². The van der Waals surface area contributed by atoms with Gasteiger partial charge in [0.2, 0.25) is 0 Å². The summed E-state index contributed by atoms with van der Waals surface area (Å²) in [6.45, 7) is 1.58. The molecule has 0 aliphatic heterocycles. The molecule has 2 aromatic rings. The second-order valence-corrected chi connectivity index (χ2v) is 4.89. The molecular weight excluding hydrogens is 240 g/mol. The predicted molar refractivity (Wildman–Crippen MR) is 77.8 cm³/mol. The summed E-state index contributed by atoms with van der Waals surface area (Å²) in [6, 6.07) is 17.8. The highest BCUT2D eigenvalue weighted by Crippen LogP contribution is 2.19. The van der Waals surface area contributed by atoms with Gasteiger partial charge in [0, 0.05) is 10.5 Å². The monoisotopic (exact) mass is 254 g/mol. The zero-order chi connectivity index (χ0) is 12.8. The van der Waals surface area contributed by atoms with Crippen LogP contribution in [0.4, 0.5) is 0 Å². The fraction of sp³-hybridized carbons (Fsp3) is 0.0625. The molecule has 1 nitrogen and oxygen atoms in total. The largest absolute Gasteiger partial charge is 0.295 e. The number of hydrogen-bond donors (Lipinski definition) is 0. The first-order valence-electron chi connectivity index (χ1n) is 5.75. The van der Waals surface area contributed by atoms with E-state index in [2.05, 4.69) is 17.5 Å². The van der Waals surface area contributed by atoms with E-state index in [-0.39, 0.29) is 5.78 Å². The van der Waals surface area contributed by atoms with Crippen molar-refractivity contribution >= 4 is 23.6 Å². The molecule has 0 heterocycles. The predicted octanol–water partition coefficient (Wildman–Crippen LogP) is 4.65. The van der Waals surface area contributed by atoms with Gasteiger partial charge in [-0.1, -0.05) is 54.2 Å². The second kappa shape index (κ2) is 6.22. The van der Waals surface area contributed by atoms with Crippen molar-refractivity contribution in [1.29, 1.82) is 0 Å². The van der Waals surface area contributed by atoms with E-state index in [1.165, 1.54) is 4.90 Å². The Kier molecular flexibility index (Phi) is 4.37. The van der Waals surface area contributed by atoms with Crippen molar-refractivity contribution < 1.29 is 4.79 Å². The third-order valence-corrected chi connectivity index (χ3v) is 3.34. The summed E-state index contributed by atoms with van der Waals surface area (Å²) >= 11 is 1.68. The molecule has 2 heteroatoms. The molecule has 2 aromatic carbocycles. The fourth-order valence-electron chi connectivity index (χ4n) is 1.52. The topological polar surface area (TPSA) is 17.1 Å². The van der Waals surface area contributed by atoms with E-state index in [1.807, 2.05) is 48.5 Å². The highest BCUT2D eigenvalue weighted by Gasteiger charge is 1.96. The Balaban J connectivity index is 1.99. The quantitative estimate of drug-likeness (QED) is 0.583. The molecule has 0 N–H and O–H groups in total. The van der Waals surface area contributed by atoms with Gasteiger partial charge in [-0.25, -0.2) is 0 Å². The van der Waals surface area contributed by atoms with Crippen molar-refractivity contribution in [1.82, 2.24) is 0 Å². The lowest BCUT2D eigenvalue weighted by molar-refractivity contribution is 0.101. The number of benzene rings is 2. The van der Waals surface area contributed by atoms with E-state index >= 15 is 0 Å². The van der Waals surface area contributed by atoms with Gasteiger partial charge in [0.1, 0.15) is 0 Å². The van der Waals surface area contributed by atoms with E-state index in [9.17, 15) is 4.79 Å². The molecule has 0 amide bonds. The smallest absolute Gasteiger partial charge is 0.159 e. The van der Waals surface area contributed by atoms with Crippen molar-refractivity contribution in [2.24, 2.45) is 0 Å². The molecule has 0 bridgehead atoms. The standard InChI is InChI=1S/C16H14OS/c1-13(17)15-9-7-14(8-10-15)11-12-18-16-5-3-2-4-6-16/h2-12H,1H3. The van der Waals surface area contributed by atoms with E-state index in [0.29, 0.717) is 0 Å². The van der Waals surface area contributed by atoms with E-state index in [4.69, 9.17) is 0 Å². The Morgan fingerprint density at radius 1 is 1.00 bits per heavy atom.